The molecule has 19 heavy (non-hydrogen) atoms. The van der Waals surface area contributed by atoms with Crippen molar-refractivity contribution in [2.75, 3.05) is 5.32 Å². The summed E-state index contributed by atoms with van der Waals surface area (Å²) in [7, 11) is 0. The van der Waals surface area contributed by atoms with Crippen LogP contribution in [0.1, 0.15) is 12.8 Å². The number of halogens is 2. The summed E-state index contributed by atoms with van der Waals surface area (Å²) in [5, 5.41) is 21.6. The van der Waals surface area contributed by atoms with Gasteiger partial charge in [0.2, 0.25) is 0 Å². The van der Waals surface area contributed by atoms with Crippen molar-refractivity contribution in [1.29, 1.82) is 0 Å². The number of benzene rings is 1. The standard InChI is InChI=1S/C11H10F2N2O4/c12-7-3-6(15(18)19)4-8(13)10(7)14-9(11(16)17)5-1-2-5/h3-5,9,14H,1-2H2,(H,16,17). The number of nitro groups is 1. The van der Waals surface area contributed by atoms with Crippen molar-refractivity contribution < 1.29 is 23.6 Å². The van der Waals surface area contributed by atoms with E-state index >= 15 is 0 Å². The maximum atomic E-state index is 13.6. The van der Waals surface area contributed by atoms with Crippen molar-refractivity contribution in [1.82, 2.24) is 0 Å². The van der Waals surface area contributed by atoms with Gasteiger partial charge >= 0.3 is 5.97 Å². The Balaban J connectivity index is 2.29. The zero-order chi connectivity index (χ0) is 14.2. The van der Waals surface area contributed by atoms with E-state index in [0.29, 0.717) is 25.0 Å². The SMILES string of the molecule is O=C(O)C(Nc1c(F)cc([N+](=O)[O-])cc1F)C1CC1. The number of carboxylic acid groups (broad SMARTS) is 1. The lowest BCUT2D eigenvalue weighted by molar-refractivity contribution is -0.385. The van der Waals surface area contributed by atoms with Gasteiger partial charge in [-0.1, -0.05) is 0 Å². The third kappa shape index (κ3) is 2.78. The van der Waals surface area contributed by atoms with Crippen LogP contribution in [-0.2, 0) is 4.79 Å². The highest BCUT2D eigenvalue weighted by atomic mass is 19.1. The number of nitrogens with one attached hydrogen (secondary N) is 1. The van der Waals surface area contributed by atoms with Gasteiger partial charge in [0.25, 0.3) is 5.69 Å². The fraction of sp³-hybridized carbons (Fsp3) is 0.364. The van der Waals surface area contributed by atoms with E-state index in [2.05, 4.69) is 5.32 Å². The van der Waals surface area contributed by atoms with Crippen LogP contribution in [0.25, 0.3) is 0 Å². The molecule has 1 unspecified atom stereocenters. The summed E-state index contributed by atoms with van der Waals surface area (Å²) < 4.78 is 27.2. The van der Waals surface area contributed by atoms with Crippen LogP contribution in [0.4, 0.5) is 20.2 Å². The Morgan fingerprint density at radius 2 is 1.95 bits per heavy atom. The molecule has 1 aromatic rings. The third-order valence-electron chi connectivity index (χ3n) is 2.90. The summed E-state index contributed by atoms with van der Waals surface area (Å²) in [6.45, 7) is 0. The lowest BCUT2D eigenvalue weighted by atomic mass is 10.1. The second-order valence-electron chi connectivity index (χ2n) is 4.34. The summed E-state index contributed by atoms with van der Waals surface area (Å²) >= 11 is 0. The van der Waals surface area contributed by atoms with Crippen molar-refractivity contribution in [2.24, 2.45) is 5.92 Å². The molecule has 102 valence electrons. The highest BCUT2D eigenvalue weighted by Crippen LogP contribution is 2.35. The molecule has 1 aliphatic carbocycles. The molecule has 2 rings (SSSR count). The van der Waals surface area contributed by atoms with Gasteiger partial charge in [-0.05, 0) is 18.8 Å². The van der Waals surface area contributed by atoms with E-state index < -0.39 is 39.9 Å². The van der Waals surface area contributed by atoms with Gasteiger partial charge in [0.05, 0.1) is 17.1 Å². The predicted molar refractivity (Wildman–Crippen MR) is 60.8 cm³/mol. The lowest BCUT2D eigenvalue weighted by Gasteiger charge is -2.15. The fourth-order valence-corrected chi connectivity index (χ4v) is 1.77. The van der Waals surface area contributed by atoms with E-state index in [1.165, 1.54) is 0 Å². The molecule has 1 saturated carbocycles. The summed E-state index contributed by atoms with van der Waals surface area (Å²) in [4.78, 5) is 20.5. The second kappa shape index (κ2) is 4.79. The maximum absolute atomic E-state index is 13.6. The molecule has 0 aromatic heterocycles. The quantitative estimate of drug-likeness (QED) is 0.632. The molecule has 0 radical (unpaired) electrons. The zero-order valence-corrected chi connectivity index (χ0v) is 9.60. The van der Waals surface area contributed by atoms with Crippen molar-refractivity contribution >= 4 is 17.3 Å². The van der Waals surface area contributed by atoms with Gasteiger partial charge in [-0.3, -0.25) is 10.1 Å². The van der Waals surface area contributed by atoms with E-state index in [1.807, 2.05) is 0 Å². The molecular formula is C11H10F2N2O4. The van der Waals surface area contributed by atoms with Gasteiger partial charge in [0, 0.05) is 0 Å². The van der Waals surface area contributed by atoms with Gasteiger partial charge in [-0.15, -0.1) is 0 Å². The number of carboxylic acids is 1. The topological polar surface area (TPSA) is 92.5 Å². The van der Waals surface area contributed by atoms with E-state index in [4.69, 9.17) is 5.11 Å². The highest BCUT2D eigenvalue weighted by Gasteiger charge is 2.37. The Hall–Kier alpha value is -2.25. The van der Waals surface area contributed by atoms with Crippen LogP contribution in [0.3, 0.4) is 0 Å². The van der Waals surface area contributed by atoms with Crippen LogP contribution in [0, 0.1) is 27.7 Å². The first-order chi connectivity index (χ1) is 8.90. The predicted octanol–water partition coefficient (Wildman–Crippen LogP) is 2.15. The van der Waals surface area contributed by atoms with Gasteiger partial charge in [-0.2, -0.15) is 0 Å². The number of hydrogen-bond donors (Lipinski definition) is 2. The molecule has 1 fully saturated rings. The number of carbonyl (C=O) groups is 1. The van der Waals surface area contributed by atoms with E-state index in [9.17, 15) is 23.7 Å². The van der Waals surface area contributed by atoms with Crippen LogP contribution in [0.5, 0.6) is 0 Å². The first-order valence-electron chi connectivity index (χ1n) is 5.53. The molecule has 0 bridgehead atoms. The maximum Gasteiger partial charge on any atom is 0.326 e. The largest absolute Gasteiger partial charge is 0.480 e. The monoisotopic (exact) mass is 272 g/mol. The van der Waals surface area contributed by atoms with Gasteiger partial charge < -0.3 is 10.4 Å². The minimum atomic E-state index is -1.21. The molecule has 0 saturated heterocycles. The molecular weight excluding hydrogens is 262 g/mol. The Labute approximate surface area is 106 Å². The fourth-order valence-electron chi connectivity index (χ4n) is 1.77. The summed E-state index contributed by atoms with van der Waals surface area (Å²) in [5.74, 6) is -3.75. The highest BCUT2D eigenvalue weighted by molar-refractivity contribution is 5.78. The first kappa shape index (κ1) is 13.2. The summed E-state index contributed by atoms with van der Waals surface area (Å²) in [6, 6.07) is 0.0134. The van der Waals surface area contributed by atoms with Crippen LogP contribution in [0.15, 0.2) is 12.1 Å². The van der Waals surface area contributed by atoms with E-state index in [-0.39, 0.29) is 5.92 Å². The van der Waals surface area contributed by atoms with Crippen LogP contribution < -0.4 is 5.32 Å². The third-order valence-corrected chi connectivity index (χ3v) is 2.90. The Kier molecular flexibility index (Phi) is 3.32. The Bertz CT molecular complexity index is 522. The Morgan fingerprint density at radius 3 is 2.32 bits per heavy atom. The minimum absolute atomic E-state index is 0.175. The molecule has 2 N–H and O–H groups in total. The number of anilines is 1. The van der Waals surface area contributed by atoms with Crippen molar-refractivity contribution in [3.8, 4) is 0 Å². The lowest BCUT2D eigenvalue weighted by Crippen LogP contribution is -2.32. The van der Waals surface area contributed by atoms with Gasteiger partial charge in [-0.25, -0.2) is 13.6 Å². The van der Waals surface area contributed by atoms with E-state index in [0.717, 1.165) is 0 Å². The molecule has 0 spiro atoms. The van der Waals surface area contributed by atoms with Crippen LogP contribution in [-0.4, -0.2) is 22.0 Å². The Morgan fingerprint density at radius 1 is 1.42 bits per heavy atom. The van der Waals surface area contributed by atoms with Crippen molar-refractivity contribution in [3.63, 3.8) is 0 Å². The van der Waals surface area contributed by atoms with Crippen molar-refractivity contribution in [2.45, 2.75) is 18.9 Å². The number of aliphatic carboxylic acids is 1. The number of rotatable bonds is 5. The smallest absolute Gasteiger partial charge is 0.326 e. The summed E-state index contributed by atoms with van der Waals surface area (Å²) in [5.41, 5.74) is -1.37. The van der Waals surface area contributed by atoms with Crippen LogP contribution in [0.2, 0.25) is 0 Å². The zero-order valence-electron chi connectivity index (χ0n) is 9.60. The molecule has 1 atom stereocenters. The van der Waals surface area contributed by atoms with Gasteiger partial charge in [0.1, 0.15) is 11.7 Å². The molecule has 0 heterocycles. The minimum Gasteiger partial charge on any atom is -0.480 e. The average molecular weight is 272 g/mol. The number of nitro benzene ring substituents is 1. The molecule has 0 aliphatic heterocycles. The average Bonchev–Trinajstić information content (AvgIpc) is 3.11. The normalized spacial score (nSPS) is 15.9. The summed E-state index contributed by atoms with van der Waals surface area (Å²) in [6.07, 6.45) is 1.33. The number of nitrogens with zero attached hydrogens (tertiary/aromatic N) is 1. The number of hydrogen-bond acceptors (Lipinski definition) is 4. The number of non-ortho nitro benzene ring substituents is 1. The second-order valence-corrected chi connectivity index (χ2v) is 4.34. The molecule has 1 aliphatic rings. The van der Waals surface area contributed by atoms with E-state index in [1.54, 1.807) is 0 Å². The first-order valence-corrected chi connectivity index (χ1v) is 5.53. The van der Waals surface area contributed by atoms with Crippen molar-refractivity contribution in [3.05, 3.63) is 33.9 Å². The molecule has 0 amide bonds. The van der Waals surface area contributed by atoms with Crippen LogP contribution >= 0.6 is 0 Å². The molecule has 1 aromatic carbocycles. The molecule has 6 nitrogen and oxygen atoms in total. The van der Waals surface area contributed by atoms with Gasteiger partial charge in [0.15, 0.2) is 11.6 Å². The molecule has 8 heteroatoms.